The fourth-order valence-electron chi connectivity index (χ4n) is 2.90. The Kier molecular flexibility index (Phi) is 5.41. The molecule has 6 nitrogen and oxygen atoms in total. The highest BCUT2D eigenvalue weighted by molar-refractivity contribution is 6.30. The number of rotatable bonds is 5. The molecule has 2 aromatic heterocycles. The molecular weight excluding hydrogens is 404 g/mol. The fourth-order valence-corrected chi connectivity index (χ4v) is 3.02. The third-order valence-electron chi connectivity index (χ3n) is 4.44. The van der Waals surface area contributed by atoms with Crippen molar-refractivity contribution in [3.05, 3.63) is 95.1 Å². The van der Waals surface area contributed by atoms with Crippen molar-refractivity contribution in [3.8, 4) is 11.3 Å². The Bertz CT molecular complexity index is 1190. The maximum absolute atomic E-state index is 12.5. The zero-order valence-corrected chi connectivity index (χ0v) is 16.7. The summed E-state index contributed by atoms with van der Waals surface area (Å²) in [6.45, 7) is 1.83. The summed E-state index contributed by atoms with van der Waals surface area (Å²) in [5.74, 6) is 0.269. The van der Waals surface area contributed by atoms with Crippen LogP contribution >= 0.6 is 11.6 Å². The lowest BCUT2D eigenvalue weighted by Crippen LogP contribution is -2.13. The van der Waals surface area contributed by atoms with Gasteiger partial charge in [0.25, 0.3) is 11.8 Å². The molecule has 7 heteroatoms. The summed E-state index contributed by atoms with van der Waals surface area (Å²) in [6, 6.07) is 18.9. The highest BCUT2D eigenvalue weighted by atomic mass is 35.5. The van der Waals surface area contributed by atoms with Gasteiger partial charge in [-0.2, -0.15) is 0 Å². The standard InChI is InChI=1S/C23H17ClN2O4/c1-14-13-17(8-9-18(14)26-22(27)20-3-2-12-29-20)25-23(28)21-11-10-19(30-21)15-4-6-16(24)7-5-15/h2-13H,1H3,(H,25,28)(H,26,27). The number of carbonyl (C=O) groups excluding carboxylic acids is 2. The molecule has 0 fully saturated rings. The number of benzene rings is 2. The first-order chi connectivity index (χ1) is 14.5. The van der Waals surface area contributed by atoms with Gasteiger partial charge in [0.15, 0.2) is 11.5 Å². The Hall–Kier alpha value is -3.77. The molecule has 0 aliphatic carbocycles. The van der Waals surface area contributed by atoms with Crippen molar-refractivity contribution >= 4 is 34.8 Å². The number of hydrogen-bond acceptors (Lipinski definition) is 4. The van der Waals surface area contributed by atoms with Crippen LogP contribution in [0.1, 0.15) is 26.7 Å². The smallest absolute Gasteiger partial charge is 0.291 e. The van der Waals surface area contributed by atoms with Gasteiger partial charge >= 0.3 is 0 Å². The first kappa shape index (κ1) is 19.5. The largest absolute Gasteiger partial charge is 0.459 e. The van der Waals surface area contributed by atoms with E-state index in [1.165, 1.54) is 6.26 Å². The highest BCUT2D eigenvalue weighted by Gasteiger charge is 2.14. The second-order valence-corrected chi connectivity index (χ2v) is 7.02. The first-order valence-corrected chi connectivity index (χ1v) is 9.50. The van der Waals surface area contributed by atoms with E-state index in [0.29, 0.717) is 22.2 Å². The van der Waals surface area contributed by atoms with Crippen molar-refractivity contribution in [2.75, 3.05) is 10.6 Å². The summed E-state index contributed by atoms with van der Waals surface area (Å²) in [5, 5.41) is 6.20. The number of hydrogen-bond donors (Lipinski definition) is 2. The minimum Gasteiger partial charge on any atom is -0.459 e. The molecule has 2 amide bonds. The van der Waals surface area contributed by atoms with E-state index in [9.17, 15) is 9.59 Å². The fraction of sp³-hybridized carbons (Fsp3) is 0.0435. The van der Waals surface area contributed by atoms with Crippen LogP contribution in [0.15, 0.2) is 81.8 Å². The van der Waals surface area contributed by atoms with Gasteiger partial charge in [0.05, 0.1) is 6.26 Å². The van der Waals surface area contributed by atoms with Crippen molar-refractivity contribution in [3.63, 3.8) is 0 Å². The Morgan fingerprint density at radius 2 is 1.63 bits per heavy atom. The normalized spacial score (nSPS) is 10.6. The van der Waals surface area contributed by atoms with E-state index >= 15 is 0 Å². The maximum atomic E-state index is 12.5. The zero-order chi connectivity index (χ0) is 21.1. The van der Waals surface area contributed by atoms with E-state index in [2.05, 4.69) is 10.6 Å². The maximum Gasteiger partial charge on any atom is 0.291 e. The number of furan rings is 2. The average molecular weight is 421 g/mol. The Balaban J connectivity index is 1.44. The van der Waals surface area contributed by atoms with Crippen molar-refractivity contribution in [2.45, 2.75) is 6.92 Å². The molecule has 4 aromatic rings. The van der Waals surface area contributed by atoms with Crippen molar-refractivity contribution in [1.29, 1.82) is 0 Å². The molecule has 30 heavy (non-hydrogen) atoms. The number of amides is 2. The highest BCUT2D eigenvalue weighted by Crippen LogP contribution is 2.25. The molecule has 0 aliphatic rings. The third kappa shape index (κ3) is 4.29. The van der Waals surface area contributed by atoms with Gasteiger partial charge in [-0.25, -0.2) is 0 Å². The van der Waals surface area contributed by atoms with E-state index < -0.39 is 0 Å². The third-order valence-corrected chi connectivity index (χ3v) is 4.69. The SMILES string of the molecule is Cc1cc(NC(=O)c2ccc(-c3ccc(Cl)cc3)o2)ccc1NC(=O)c1ccco1. The molecule has 0 radical (unpaired) electrons. The van der Waals surface area contributed by atoms with Crippen LogP contribution in [0.5, 0.6) is 0 Å². The molecule has 2 aromatic carbocycles. The molecule has 150 valence electrons. The van der Waals surface area contributed by atoms with Gasteiger partial charge in [0.2, 0.25) is 0 Å². The van der Waals surface area contributed by atoms with Crippen LogP contribution in [0.4, 0.5) is 11.4 Å². The number of aryl methyl sites for hydroxylation is 1. The van der Waals surface area contributed by atoms with Gasteiger partial charge < -0.3 is 19.5 Å². The topological polar surface area (TPSA) is 84.5 Å². The Labute approximate surface area is 177 Å². The van der Waals surface area contributed by atoms with E-state index in [-0.39, 0.29) is 23.3 Å². The average Bonchev–Trinajstić information content (AvgIpc) is 3.43. The summed E-state index contributed by atoms with van der Waals surface area (Å²) in [7, 11) is 0. The summed E-state index contributed by atoms with van der Waals surface area (Å²) < 4.78 is 10.8. The van der Waals surface area contributed by atoms with Gasteiger partial charge in [-0.15, -0.1) is 0 Å². The van der Waals surface area contributed by atoms with Crippen LogP contribution in [0, 0.1) is 6.92 Å². The molecule has 0 unspecified atom stereocenters. The number of halogens is 1. The summed E-state index contributed by atoms with van der Waals surface area (Å²) in [4.78, 5) is 24.7. The predicted molar refractivity (Wildman–Crippen MR) is 115 cm³/mol. The molecule has 2 N–H and O–H groups in total. The van der Waals surface area contributed by atoms with Crippen molar-refractivity contribution in [1.82, 2.24) is 0 Å². The number of nitrogens with one attached hydrogen (secondary N) is 2. The molecule has 0 atom stereocenters. The van der Waals surface area contributed by atoms with Gasteiger partial charge in [0.1, 0.15) is 5.76 Å². The second-order valence-electron chi connectivity index (χ2n) is 6.59. The molecule has 4 rings (SSSR count). The Morgan fingerprint density at radius 1 is 0.867 bits per heavy atom. The zero-order valence-electron chi connectivity index (χ0n) is 15.9. The van der Waals surface area contributed by atoms with Gasteiger partial charge in [-0.3, -0.25) is 9.59 Å². The minimum absolute atomic E-state index is 0.188. The molecule has 0 bridgehead atoms. The van der Waals surface area contributed by atoms with Crippen LogP contribution in [0.3, 0.4) is 0 Å². The number of carbonyl (C=O) groups is 2. The Morgan fingerprint density at radius 3 is 2.33 bits per heavy atom. The van der Waals surface area contributed by atoms with Crippen LogP contribution < -0.4 is 10.6 Å². The van der Waals surface area contributed by atoms with E-state index in [0.717, 1.165) is 11.1 Å². The predicted octanol–water partition coefficient (Wildman–Crippen LogP) is 6.01. The second kappa shape index (κ2) is 8.31. The molecule has 0 saturated heterocycles. The molecule has 0 saturated carbocycles. The van der Waals surface area contributed by atoms with Crippen LogP contribution in [0.25, 0.3) is 11.3 Å². The monoisotopic (exact) mass is 420 g/mol. The molecular formula is C23H17ClN2O4. The van der Waals surface area contributed by atoms with Gasteiger partial charge in [-0.1, -0.05) is 11.6 Å². The van der Waals surface area contributed by atoms with E-state index in [1.807, 2.05) is 19.1 Å². The first-order valence-electron chi connectivity index (χ1n) is 9.12. The summed E-state index contributed by atoms with van der Waals surface area (Å²) >= 11 is 5.90. The summed E-state index contributed by atoms with van der Waals surface area (Å²) in [6.07, 6.45) is 1.44. The van der Waals surface area contributed by atoms with E-state index in [1.54, 1.807) is 54.6 Å². The van der Waals surface area contributed by atoms with Gasteiger partial charge in [0, 0.05) is 22.0 Å². The summed E-state index contributed by atoms with van der Waals surface area (Å²) in [5.41, 5.74) is 2.82. The lowest BCUT2D eigenvalue weighted by molar-refractivity contribution is 0.0989. The lowest BCUT2D eigenvalue weighted by atomic mass is 10.1. The van der Waals surface area contributed by atoms with Crippen LogP contribution in [-0.2, 0) is 0 Å². The molecule has 0 aliphatic heterocycles. The van der Waals surface area contributed by atoms with Crippen molar-refractivity contribution in [2.24, 2.45) is 0 Å². The lowest BCUT2D eigenvalue weighted by Gasteiger charge is -2.10. The van der Waals surface area contributed by atoms with Crippen LogP contribution in [0.2, 0.25) is 5.02 Å². The van der Waals surface area contributed by atoms with E-state index in [4.69, 9.17) is 20.4 Å². The number of anilines is 2. The van der Waals surface area contributed by atoms with Crippen LogP contribution in [-0.4, -0.2) is 11.8 Å². The van der Waals surface area contributed by atoms with Gasteiger partial charge in [-0.05, 0) is 79.2 Å². The molecule has 0 spiro atoms. The quantitative estimate of drug-likeness (QED) is 0.414. The van der Waals surface area contributed by atoms with Crippen molar-refractivity contribution < 1.29 is 18.4 Å². The molecule has 2 heterocycles. The minimum atomic E-state index is -0.373.